The van der Waals surface area contributed by atoms with Crippen LogP contribution in [-0.4, -0.2) is 44.8 Å². The summed E-state index contributed by atoms with van der Waals surface area (Å²) in [6, 6.07) is 15.6. The Morgan fingerprint density at radius 1 is 0.897 bits per heavy atom. The summed E-state index contributed by atoms with van der Waals surface area (Å²) in [5.41, 5.74) is 7.88. The summed E-state index contributed by atoms with van der Waals surface area (Å²) in [5.74, 6) is -2.04. The van der Waals surface area contributed by atoms with Crippen molar-refractivity contribution in [2.24, 2.45) is 11.7 Å². The van der Waals surface area contributed by atoms with Crippen molar-refractivity contribution in [1.82, 2.24) is 5.32 Å². The van der Waals surface area contributed by atoms with Gasteiger partial charge in [-0.05, 0) is 66.4 Å². The summed E-state index contributed by atoms with van der Waals surface area (Å²) in [4.78, 5) is 39.0. The summed E-state index contributed by atoms with van der Waals surface area (Å²) in [7, 11) is -4.16. The summed E-state index contributed by atoms with van der Waals surface area (Å²) < 4.78 is 28.1. The van der Waals surface area contributed by atoms with E-state index in [-0.39, 0.29) is 34.0 Å². The highest BCUT2D eigenvalue weighted by atomic mass is 32.2. The minimum atomic E-state index is -4.16. The maximum absolute atomic E-state index is 13.4. The van der Waals surface area contributed by atoms with Crippen molar-refractivity contribution in [2.75, 3.05) is 18.1 Å². The fourth-order valence-corrected chi connectivity index (χ4v) is 4.05. The standard InChI is InChI=1S/C28H30N4O6S/c1-16(2)15-31-26(33)19-8-12-22(24(14-19)28(35)38-39(4,36)37)21-11-5-17(3)13-23(21)27(34)32-20-9-6-18(7-10-20)25(29)30/h5-14,16H,15H2,1-4H3,(H3,29,30)(H,31,33)(H,32,34). The van der Waals surface area contributed by atoms with Crippen LogP contribution in [-0.2, 0) is 14.3 Å². The van der Waals surface area contributed by atoms with Gasteiger partial charge in [0.25, 0.3) is 11.8 Å². The van der Waals surface area contributed by atoms with Gasteiger partial charge in [0.15, 0.2) is 0 Å². The quantitative estimate of drug-likeness (QED) is 0.179. The Kier molecular flexibility index (Phi) is 8.87. The van der Waals surface area contributed by atoms with Crippen LogP contribution in [0.25, 0.3) is 11.1 Å². The fourth-order valence-electron chi connectivity index (χ4n) is 3.68. The van der Waals surface area contributed by atoms with Crippen LogP contribution in [0.5, 0.6) is 0 Å². The van der Waals surface area contributed by atoms with Crippen molar-refractivity contribution in [3.8, 4) is 11.1 Å². The number of hydrogen-bond acceptors (Lipinski definition) is 7. The van der Waals surface area contributed by atoms with E-state index in [2.05, 4.69) is 14.8 Å². The third-order valence-electron chi connectivity index (χ3n) is 5.56. The molecule has 3 aromatic rings. The van der Waals surface area contributed by atoms with Gasteiger partial charge in [-0.2, -0.15) is 8.42 Å². The largest absolute Gasteiger partial charge is 0.384 e. The summed E-state index contributed by atoms with van der Waals surface area (Å²) in [6.07, 6.45) is 0.742. The molecule has 204 valence electrons. The number of hydrogen-bond donors (Lipinski definition) is 4. The first-order valence-electron chi connectivity index (χ1n) is 12.0. The molecule has 2 amide bonds. The zero-order valence-corrected chi connectivity index (χ0v) is 22.8. The highest BCUT2D eigenvalue weighted by Crippen LogP contribution is 2.31. The molecule has 3 aromatic carbocycles. The average Bonchev–Trinajstić information content (AvgIpc) is 2.86. The molecule has 5 N–H and O–H groups in total. The monoisotopic (exact) mass is 550 g/mol. The van der Waals surface area contributed by atoms with Gasteiger partial charge < -0.3 is 20.6 Å². The molecule has 39 heavy (non-hydrogen) atoms. The molecule has 0 aromatic heterocycles. The summed E-state index contributed by atoms with van der Waals surface area (Å²) in [5, 5.41) is 13.0. The number of rotatable bonds is 9. The number of anilines is 1. The number of benzene rings is 3. The van der Waals surface area contributed by atoms with Gasteiger partial charge in [0, 0.05) is 28.9 Å². The zero-order chi connectivity index (χ0) is 28.9. The second kappa shape index (κ2) is 11.9. The minimum absolute atomic E-state index is 0.108. The molecular formula is C28H30N4O6S. The van der Waals surface area contributed by atoms with E-state index in [1.165, 1.54) is 18.2 Å². The molecule has 0 spiro atoms. The van der Waals surface area contributed by atoms with Crippen molar-refractivity contribution in [2.45, 2.75) is 20.8 Å². The predicted octanol–water partition coefficient (Wildman–Crippen LogP) is 3.70. The minimum Gasteiger partial charge on any atom is -0.384 e. The number of amidine groups is 1. The molecule has 0 atom stereocenters. The number of nitrogen functional groups attached to an aromatic ring is 1. The van der Waals surface area contributed by atoms with E-state index < -0.39 is 27.9 Å². The Morgan fingerprint density at radius 2 is 1.49 bits per heavy atom. The first kappa shape index (κ1) is 29.1. The van der Waals surface area contributed by atoms with E-state index in [0.29, 0.717) is 23.4 Å². The van der Waals surface area contributed by atoms with Gasteiger partial charge in [0.1, 0.15) is 5.84 Å². The number of nitrogens with two attached hydrogens (primary N) is 1. The van der Waals surface area contributed by atoms with E-state index >= 15 is 0 Å². The number of carbonyl (C=O) groups excluding carboxylic acids is 3. The van der Waals surface area contributed by atoms with Crippen molar-refractivity contribution < 1.29 is 27.0 Å². The first-order chi connectivity index (χ1) is 18.2. The Hall–Kier alpha value is -4.51. The van der Waals surface area contributed by atoms with E-state index in [1.54, 1.807) is 49.4 Å². The molecule has 0 aliphatic carbocycles. The van der Waals surface area contributed by atoms with Gasteiger partial charge in [0.2, 0.25) is 0 Å². The van der Waals surface area contributed by atoms with Gasteiger partial charge in [0.05, 0.1) is 11.8 Å². The van der Waals surface area contributed by atoms with Gasteiger partial charge >= 0.3 is 16.1 Å². The number of carbonyl (C=O) groups is 3. The van der Waals surface area contributed by atoms with Crippen LogP contribution in [0, 0.1) is 18.3 Å². The van der Waals surface area contributed by atoms with Crippen molar-refractivity contribution in [3.63, 3.8) is 0 Å². The van der Waals surface area contributed by atoms with Crippen LogP contribution >= 0.6 is 0 Å². The van der Waals surface area contributed by atoms with Crippen LogP contribution in [0.1, 0.15) is 56.0 Å². The fraction of sp³-hybridized carbons (Fsp3) is 0.214. The number of amides is 2. The second-order valence-electron chi connectivity index (χ2n) is 9.43. The molecule has 0 radical (unpaired) electrons. The lowest BCUT2D eigenvalue weighted by Gasteiger charge is -2.16. The third kappa shape index (κ3) is 7.74. The Morgan fingerprint density at radius 3 is 2.08 bits per heavy atom. The second-order valence-corrected chi connectivity index (χ2v) is 11.0. The van der Waals surface area contributed by atoms with E-state index in [9.17, 15) is 22.8 Å². The van der Waals surface area contributed by atoms with Crippen molar-refractivity contribution in [3.05, 3.63) is 88.5 Å². The molecule has 0 fully saturated rings. The van der Waals surface area contributed by atoms with Crippen molar-refractivity contribution >= 4 is 39.4 Å². The molecule has 0 aliphatic rings. The molecular weight excluding hydrogens is 520 g/mol. The molecule has 10 nitrogen and oxygen atoms in total. The molecule has 0 bridgehead atoms. The molecule has 0 unspecified atom stereocenters. The normalized spacial score (nSPS) is 11.1. The van der Waals surface area contributed by atoms with Crippen LogP contribution < -0.4 is 16.4 Å². The third-order valence-corrected chi connectivity index (χ3v) is 6.02. The SMILES string of the molecule is Cc1ccc(-c2ccc(C(=O)NCC(C)C)cc2C(=O)OS(C)(=O)=O)c(C(=O)Nc2ccc(C(=N)N)cc2)c1. The van der Waals surface area contributed by atoms with Gasteiger partial charge in [-0.3, -0.25) is 15.0 Å². The van der Waals surface area contributed by atoms with E-state index in [4.69, 9.17) is 11.1 Å². The van der Waals surface area contributed by atoms with E-state index in [0.717, 1.165) is 11.8 Å². The van der Waals surface area contributed by atoms with E-state index in [1.807, 2.05) is 13.8 Å². The number of nitrogens with one attached hydrogen (secondary N) is 3. The Balaban J connectivity index is 2.08. The molecule has 0 heterocycles. The number of aryl methyl sites for hydroxylation is 1. The average molecular weight is 551 g/mol. The lowest BCUT2D eigenvalue weighted by Crippen LogP contribution is -2.27. The highest BCUT2D eigenvalue weighted by Gasteiger charge is 2.24. The van der Waals surface area contributed by atoms with Crippen LogP contribution in [0.4, 0.5) is 5.69 Å². The molecule has 0 saturated heterocycles. The first-order valence-corrected chi connectivity index (χ1v) is 13.8. The lowest BCUT2D eigenvalue weighted by molar-refractivity contribution is 0.0748. The van der Waals surface area contributed by atoms with Crippen LogP contribution in [0.15, 0.2) is 60.7 Å². The van der Waals surface area contributed by atoms with Gasteiger partial charge in [-0.15, -0.1) is 0 Å². The topological polar surface area (TPSA) is 169 Å². The predicted molar refractivity (Wildman–Crippen MR) is 149 cm³/mol. The Labute approximate surface area is 227 Å². The van der Waals surface area contributed by atoms with Gasteiger partial charge in [-0.25, -0.2) is 4.79 Å². The lowest BCUT2D eigenvalue weighted by atomic mass is 9.92. The smallest absolute Gasteiger partial charge is 0.354 e. The maximum Gasteiger partial charge on any atom is 0.354 e. The van der Waals surface area contributed by atoms with Crippen LogP contribution in [0.2, 0.25) is 0 Å². The zero-order valence-electron chi connectivity index (χ0n) is 22.0. The molecule has 3 rings (SSSR count). The molecule has 0 aliphatic heterocycles. The molecule has 11 heteroatoms. The van der Waals surface area contributed by atoms with Crippen LogP contribution in [0.3, 0.4) is 0 Å². The highest BCUT2D eigenvalue weighted by molar-refractivity contribution is 7.86. The van der Waals surface area contributed by atoms with Gasteiger partial charge in [-0.1, -0.05) is 37.6 Å². The van der Waals surface area contributed by atoms with Crippen molar-refractivity contribution in [1.29, 1.82) is 5.41 Å². The summed E-state index contributed by atoms with van der Waals surface area (Å²) in [6.45, 7) is 6.06. The maximum atomic E-state index is 13.4. The molecule has 0 saturated carbocycles. The Bertz CT molecular complexity index is 1550. The summed E-state index contributed by atoms with van der Waals surface area (Å²) >= 11 is 0.